The van der Waals surface area contributed by atoms with Crippen molar-refractivity contribution in [2.75, 3.05) is 0 Å². The van der Waals surface area contributed by atoms with Crippen LogP contribution in [-0.2, 0) is 0 Å². The van der Waals surface area contributed by atoms with Crippen LogP contribution >= 0.6 is 0 Å². The van der Waals surface area contributed by atoms with Gasteiger partial charge in [0.05, 0.1) is 17.2 Å². The Morgan fingerprint density at radius 3 is 2.39 bits per heavy atom. The Bertz CT molecular complexity index is 1230. The first kappa shape index (κ1) is 18.0. The quantitative estimate of drug-likeness (QED) is 0.494. The second kappa shape index (κ2) is 6.07. The number of benzene rings is 2. The lowest BCUT2D eigenvalue weighted by Crippen LogP contribution is -2.18. The topological polar surface area (TPSA) is 108 Å². The third-order valence-electron chi connectivity index (χ3n) is 5.32. The summed E-state index contributed by atoms with van der Waals surface area (Å²) in [7, 11) is 0. The molecule has 0 fully saturated rings. The highest BCUT2D eigenvalue weighted by molar-refractivity contribution is 6.24. The molecular weight excluding hydrogens is 360 g/mol. The standard InChI is InChI=1S/C22H18O6/c1-9(11(3)23)17-8-16(26)20-15(25)7-13-10(2)12-5-4-6-14(24)18(12)21(27)19(13)22(20)28-17/h4-9,11,23-25H,2H2,1,3H3/t9-,11+/m1/s1. The van der Waals surface area contributed by atoms with E-state index in [0.29, 0.717) is 16.7 Å². The van der Waals surface area contributed by atoms with Gasteiger partial charge < -0.3 is 19.7 Å². The van der Waals surface area contributed by atoms with Gasteiger partial charge in [-0.15, -0.1) is 0 Å². The number of fused-ring (bicyclic) bond motifs is 4. The molecule has 3 aromatic rings. The van der Waals surface area contributed by atoms with Gasteiger partial charge in [-0.05, 0) is 30.2 Å². The first-order valence-corrected chi connectivity index (χ1v) is 8.80. The van der Waals surface area contributed by atoms with E-state index < -0.39 is 23.2 Å². The summed E-state index contributed by atoms with van der Waals surface area (Å²) in [5, 5.41) is 30.4. The second-order valence-electron chi connectivity index (χ2n) is 7.07. The van der Waals surface area contributed by atoms with Crippen LogP contribution in [0.5, 0.6) is 11.5 Å². The van der Waals surface area contributed by atoms with Crippen molar-refractivity contribution in [3.05, 3.63) is 75.1 Å². The van der Waals surface area contributed by atoms with Crippen LogP contribution < -0.4 is 5.43 Å². The molecule has 1 heterocycles. The summed E-state index contributed by atoms with van der Waals surface area (Å²) in [5.74, 6) is -1.35. The van der Waals surface area contributed by atoms with Crippen LogP contribution in [0.25, 0.3) is 16.5 Å². The van der Waals surface area contributed by atoms with Gasteiger partial charge in [-0.3, -0.25) is 9.59 Å². The van der Waals surface area contributed by atoms with E-state index in [2.05, 4.69) is 6.58 Å². The SMILES string of the molecule is C=C1c2cccc(O)c2C(=O)c2c1cc(O)c1c(=O)cc([C@H](C)[C@H](C)O)oc21. The van der Waals surface area contributed by atoms with Gasteiger partial charge in [0.1, 0.15) is 22.6 Å². The van der Waals surface area contributed by atoms with E-state index in [1.54, 1.807) is 26.0 Å². The molecular formula is C22H18O6. The van der Waals surface area contributed by atoms with Crippen molar-refractivity contribution in [2.45, 2.75) is 25.9 Å². The Hall–Kier alpha value is -3.38. The average Bonchev–Trinajstić information content (AvgIpc) is 2.64. The third kappa shape index (κ3) is 2.38. The van der Waals surface area contributed by atoms with Crippen LogP contribution in [0.2, 0.25) is 0 Å². The van der Waals surface area contributed by atoms with Gasteiger partial charge >= 0.3 is 0 Å². The summed E-state index contributed by atoms with van der Waals surface area (Å²) in [6, 6.07) is 7.18. The molecule has 0 bridgehead atoms. The average molecular weight is 378 g/mol. The Morgan fingerprint density at radius 1 is 1.00 bits per heavy atom. The Balaban J connectivity index is 2.13. The van der Waals surface area contributed by atoms with E-state index in [4.69, 9.17) is 4.42 Å². The molecule has 2 atom stereocenters. The molecule has 0 amide bonds. The van der Waals surface area contributed by atoms with Crippen molar-refractivity contribution >= 4 is 22.3 Å². The van der Waals surface area contributed by atoms with Crippen molar-refractivity contribution in [1.29, 1.82) is 0 Å². The first-order valence-electron chi connectivity index (χ1n) is 8.80. The van der Waals surface area contributed by atoms with Crippen molar-refractivity contribution in [3.8, 4) is 11.5 Å². The molecule has 1 aromatic heterocycles. The maximum atomic E-state index is 13.2. The molecule has 0 saturated heterocycles. The predicted octanol–water partition coefficient (Wildman–Crippen LogP) is 3.29. The number of rotatable bonds is 2. The number of carbonyl (C=O) groups excluding carboxylic acids is 1. The highest BCUT2D eigenvalue weighted by Gasteiger charge is 2.33. The van der Waals surface area contributed by atoms with Crippen LogP contribution in [0, 0.1) is 0 Å². The Kier molecular flexibility index (Phi) is 3.90. The van der Waals surface area contributed by atoms with Gasteiger partial charge in [0.25, 0.3) is 0 Å². The molecule has 4 rings (SSSR count). The summed E-state index contributed by atoms with van der Waals surface area (Å²) >= 11 is 0. The normalized spacial score (nSPS) is 15.2. The number of aliphatic hydroxyl groups excluding tert-OH is 1. The van der Waals surface area contributed by atoms with Crippen LogP contribution in [0.3, 0.4) is 0 Å². The lowest BCUT2D eigenvalue weighted by Gasteiger charge is -2.23. The minimum Gasteiger partial charge on any atom is -0.507 e. The maximum absolute atomic E-state index is 13.2. The molecule has 0 aliphatic heterocycles. The minimum absolute atomic E-state index is 0.0588. The molecule has 3 N–H and O–H groups in total. The van der Waals surface area contributed by atoms with E-state index in [1.165, 1.54) is 18.2 Å². The fourth-order valence-corrected chi connectivity index (χ4v) is 3.56. The van der Waals surface area contributed by atoms with Crippen molar-refractivity contribution in [1.82, 2.24) is 0 Å². The molecule has 0 radical (unpaired) electrons. The number of ketones is 1. The van der Waals surface area contributed by atoms with Crippen LogP contribution in [0.4, 0.5) is 0 Å². The van der Waals surface area contributed by atoms with Gasteiger partial charge in [0.15, 0.2) is 11.0 Å². The summed E-state index contributed by atoms with van der Waals surface area (Å²) in [4.78, 5) is 25.9. The molecule has 0 unspecified atom stereocenters. The zero-order valence-corrected chi connectivity index (χ0v) is 15.3. The van der Waals surface area contributed by atoms with Crippen molar-refractivity contribution in [2.24, 2.45) is 0 Å². The van der Waals surface area contributed by atoms with E-state index in [1.807, 2.05) is 0 Å². The Morgan fingerprint density at radius 2 is 1.71 bits per heavy atom. The lowest BCUT2D eigenvalue weighted by molar-refractivity contribution is 0.103. The molecule has 142 valence electrons. The highest BCUT2D eigenvalue weighted by atomic mass is 16.3. The number of aliphatic hydroxyl groups is 1. The zero-order valence-electron chi connectivity index (χ0n) is 15.3. The van der Waals surface area contributed by atoms with Crippen LogP contribution in [0.15, 0.2) is 46.1 Å². The van der Waals surface area contributed by atoms with E-state index >= 15 is 0 Å². The molecule has 6 nitrogen and oxygen atoms in total. The zero-order chi connectivity index (χ0) is 20.3. The number of hydrogen-bond donors (Lipinski definition) is 3. The number of phenolic OH excluding ortho intramolecular Hbond substituents is 2. The van der Waals surface area contributed by atoms with Gasteiger partial charge in [0, 0.05) is 17.5 Å². The lowest BCUT2D eigenvalue weighted by atomic mass is 9.80. The van der Waals surface area contributed by atoms with E-state index in [0.717, 1.165) is 0 Å². The fraction of sp³-hybridized carbons (Fsp3) is 0.182. The summed E-state index contributed by atoms with van der Waals surface area (Å²) in [5.41, 5.74) is 0.738. The third-order valence-corrected chi connectivity index (χ3v) is 5.32. The van der Waals surface area contributed by atoms with Crippen LogP contribution in [0.1, 0.15) is 52.6 Å². The molecule has 1 aliphatic carbocycles. The maximum Gasteiger partial charge on any atom is 0.201 e. The summed E-state index contributed by atoms with van der Waals surface area (Å²) in [6.45, 7) is 7.24. The number of carbonyl (C=O) groups is 1. The molecule has 0 saturated carbocycles. The van der Waals surface area contributed by atoms with E-state index in [9.17, 15) is 24.9 Å². The number of aromatic hydroxyl groups is 2. The van der Waals surface area contributed by atoms with Crippen molar-refractivity contribution in [3.63, 3.8) is 0 Å². The molecule has 2 aromatic carbocycles. The number of phenols is 2. The Labute approximate surface area is 160 Å². The van der Waals surface area contributed by atoms with Gasteiger partial charge in [-0.2, -0.15) is 0 Å². The van der Waals surface area contributed by atoms with Crippen molar-refractivity contribution < 1.29 is 24.5 Å². The van der Waals surface area contributed by atoms with Crippen LogP contribution in [-0.4, -0.2) is 27.2 Å². The largest absolute Gasteiger partial charge is 0.507 e. The second-order valence-corrected chi connectivity index (χ2v) is 7.07. The first-order chi connectivity index (χ1) is 13.2. The minimum atomic E-state index is -0.788. The summed E-state index contributed by atoms with van der Waals surface area (Å²) in [6.07, 6.45) is -0.788. The van der Waals surface area contributed by atoms with E-state index in [-0.39, 0.29) is 39.4 Å². The number of hydrogen-bond acceptors (Lipinski definition) is 6. The monoisotopic (exact) mass is 378 g/mol. The molecule has 0 spiro atoms. The van der Waals surface area contributed by atoms with Gasteiger partial charge in [0.2, 0.25) is 5.78 Å². The summed E-state index contributed by atoms with van der Waals surface area (Å²) < 4.78 is 5.86. The molecule has 1 aliphatic rings. The highest BCUT2D eigenvalue weighted by Crippen LogP contribution is 2.43. The fourth-order valence-electron chi connectivity index (χ4n) is 3.56. The van der Waals surface area contributed by atoms with Gasteiger partial charge in [-0.25, -0.2) is 0 Å². The molecule has 28 heavy (non-hydrogen) atoms. The molecule has 6 heteroatoms. The van der Waals surface area contributed by atoms with Gasteiger partial charge in [-0.1, -0.05) is 25.6 Å². The predicted molar refractivity (Wildman–Crippen MR) is 104 cm³/mol. The smallest absolute Gasteiger partial charge is 0.201 e.